The highest BCUT2D eigenvalue weighted by Gasteiger charge is 2.17. The van der Waals surface area contributed by atoms with Crippen molar-refractivity contribution in [2.24, 2.45) is 0 Å². The van der Waals surface area contributed by atoms with E-state index < -0.39 is 9.84 Å². The van der Waals surface area contributed by atoms with Gasteiger partial charge in [0.25, 0.3) is 5.91 Å². The molecule has 5 nitrogen and oxygen atoms in total. The van der Waals surface area contributed by atoms with Crippen molar-refractivity contribution >= 4 is 15.7 Å². The molecule has 0 aliphatic heterocycles. The zero-order valence-corrected chi connectivity index (χ0v) is 18.1. The third-order valence-electron chi connectivity index (χ3n) is 4.82. The number of nitrogens with zero attached hydrogens (tertiary/aromatic N) is 2. The highest BCUT2D eigenvalue weighted by molar-refractivity contribution is 7.89. The molecule has 3 rings (SSSR count). The summed E-state index contributed by atoms with van der Waals surface area (Å²) in [5, 5.41) is 0. The Balaban J connectivity index is 1.83. The molecule has 0 saturated heterocycles. The topological polar surface area (TPSA) is 67.3 Å². The highest BCUT2D eigenvalue weighted by Crippen LogP contribution is 2.16. The monoisotopic (exact) mass is 422 g/mol. The second-order valence-electron chi connectivity index (χ2n) is 7.46. The molecule has 0 atom stereocenters. The van der Waals surface area contributed by atoms with Crippen molar-refractivity contribution in [3.8, 4) is 0 Å². The first-order valence-corrected chi connectivity index (χ1v) is 11.9. The molecule has 0 aliphatic rings. The molecule has 1 aromatic heterocycles. The van der Waals surface area contributed by atoms with Crippen molar-refractivity contribution in [2.75, 3.05) is 6.26 Å². The number of carbonyl (C=O) groups excluding carboxylic acids is 1. The van der Waals surface area contributed by atoms with Crippen molar-refractivity contribution in [3.63, 3.8) is 0 Å². The number of amides is 1. The number of hydrogen-bond donors (Lipinski definition) is 0. The second-order valence-corrected chi connectivity index (χ2v) is 9.60. The fourth-order valence-electron chi connectivity index (χ4n) is 3.24. The average Bonchev–Trinajstić information content (AvgIpc) is 2.73. The second kappa shape index (κ2) is 9.67. The summed E-state index contributed by atoms with van der Waals surface area (Å²) in [4.78, 5) is 19.2. The number of rotatable bonds is 8. The normalized spacial score (nSPS) is 11.3. The summed E-state index contributed by atoms with van der Waals surface area (Å²) in [6.45, 7) is 3.02. The lowest BCUT2D eigenvalue weighted by molar-refractivity contribution is 0.0730. The number of hydrogen-bond acceptors (Lipinski definition) is 4. The van der Waals surface area contributed by atoms with Crippen molar-refractivity contribution in [1.82, 2.24) is 9.88 Å². The quantitative estimate of drug-likeness (QED) is 0.550. The van der Waals surface area contributed by atoms with Crippen LogP contribution in [-0.2, 0) is 35.1 Å². The van der Waals surface area contributed by atoms with Crippen LogP contribution in [0.5, 0.6) is 0 Å². The van der Waals surface area contributed by atoms with E-state index in [2.05, 4.69) is 36.2 Å². The van der Waals surface area contributed by atoms with Crippen molar-refractivity contribution in [2.45, 2.75) is 32.2 Å². The molecular formula is C24H26N2O3S. The standard InChI is InChI=1S/C24H26N2O3S/c1-3-19-6-8-20(9-7-19)16-26(17-22-5-4-14-25-15-22)24(27)23-12-10-21(11-13-23)18-30(2,28)29/h4-15H,3,16-18H2,1-2H3. The number of pyridine rings is 1. The Bertz CT molecular complexity index is 1080. The van der Waals surface area contributed by atoms with Gasteiger partial charge in [-0.2, -0.15) is 0 Å². The van der Waals surface area contributed by atoms with Crippen molar-refractivity contribution in [3.05, 3.63) is 101 Å². The van der Waals surface area contributed by atoms with E-state index in [-0.39, 0.29) is 11.7 Å². The van der Waals surface area contributed by atoms with Gasteiger partial charge in [-0.15, -0.1) is 0 Å². The molecule has 0 spiro atoms. The number of carbonyl (C=O) groups is 1. The van der Waals surface area contributed by atoms with E-state index in [9.17, 15) is 13.2 Å². The number of benzene rings is 2. The molecule has 1 heterocycles. The summed E-state index contributed by atoms with van der Waals surface area (Å²) in [6, 6.07) is 18.9. The van der Waals surface area contributed by atoms with Crippen LogP contribution in [0.15, 0.2) is 73.1 Å². The minimum Gasteiger partial charge on any atom is -0.330 e. The van der Waals surface area contributed by atoms with Gasteiger partial charge in [-0.05, 0) is 46.9 Å². The zero-order chi connectivity index (χ0) is 21.6. The fraction of sp³-hybridized carbons (Fsp3) is 0.250. The molecule has 6 heteroatoms. The Kier molecular flexibility index (Phi) is 7.00. The summed E-state index contributed by atoms with van der Waals surface area (Å²) in [5.74, 6) is -0.144. The molecule has 30 heavy (non-hydrogen) atoms. The van der Waals surface area contributed by atoms with E-state index in [1.54, 1.807) is 41.6 Å². The van der Waals surface area contributed by atoms with Crippen LogP contribution in [0.4, 0.5) is 0 Å². The van der Waals surface area contributed by atoms with E-state index in [1.165, 1.54) is 11.8 Å². The first-order valence-electron chi connectivity index (χ1n) is 9.86. The molecule has 0 aliphatic carbocycles. The SMILES string of the molecule is CCc1ccc(CN(Cc2cccnc2)C(=O)c2ccc(CS(C)(=O)=O)cc2)cc1. The van der Waals surface area contributed by atoms with Gasteiger partial charge in [0.2, 0.25) is 0 Å². The molecule has 0 radical (unpaired) electrons. The maximum absolute atomic E-state index is 13.3. The van der Waals surface area contributed by atoms with E-state index >= 15 is 0 Å². The van der Waals surface area contributed by atoms with Gasteiger partial charge in [-0.25, -0.2) is 8.42 Å². The molecule has 0 N–H and O–H groups in total. The Labute approximate surface area is 178 Å². The lowest BCUT2D eigenvalue weighted by atomic mass is 10.1. The van der Waals surface area contributed by atoms with Crippen LogP contribution in [-0.4, -0.2) is 30.5 Å². The summed E-state index contributed by atoms with van der Waals surface area (Å²) in [6.07, 6.45) is 5.64. The Morgan fingerprint density at radius 2 is 1.47 bits per heavy atom. The van der Waals surface area contributed by atoms with Gasteiger partial charge in [-0.3, -0.25) is 9.78 Å². The molecule has 156 valence electrons. The van der Waals surface area contributed by atoms with Crippen LogP contribution in [0.3, 0.4) is 0 Å². The fourth-order valence-corrected chi connectivity index (χ4v) is 4.04. The summed E-state index contributed by atoms with van der Waals surface area (Å²) in [7, 11) is -3.12. The van der Waals surface area contributed by atoms with Gasteiger partial charge in [-0.1, -0.05) is 49.4 Å². The lowest BCUT2D eigenvalue weighted by Crippen LogP contribution is -2.30. The van der Waals surface area contributed by atoms with E-state index in [1.807, 2.05) is 12.1 Å². The minimum absolute atomic E-state index is 0.0371. The highest BCUT2D eigenvalue weighted by atomic mass is 32.2. The summed E-state index contributed by atoms with van der Waals surface area (Å²) < 4.78 is 23.0. The predicted molar refractivity (Wildman–Crippen MR) is 119 cm³/mol. The molecular weight excluding hydrogens is 396 g/mol. The predicted octanol–water partition coefficient (Wildman–Crippen LogP) is 4.03. The average molecular weight is 423 g/mol. The molecule has 0 fully saturated rings. The Hall–Kier alpha value is -2.99. The first-order chi connectivity index (χ1) is 14.3. The largest absolute Gasteiger partial charge is 0.330 e. The van der Waals surface area contributed by atoms with E-state index in [4.69, 9.17) is 0 Å². The number of sulfone groups is 1. The first kappa shape index (κ1) is 21.7. The van der Waals surface area contributed by atoms with Crippen LogP contribution in [0.2, 0.25) is 0 Å². The molecule has 1 amide bonds. The molecule has 0 unspecified atom stereocenters. The molecule has 0 bridgehead atoms. The van der Waals surface area contributed by atoms with E-state index in [0.29, 0.717) is 24.2 Å². The van der Waals surface area contributed by atoms with Gasteiger partial charge in [0.05, 0.1) is 5.75 Å². The Morgan fingerprint density at radius 1 is 0.867 bits per heavy atom. The molecule has 0 saturated carbocycles. The minimum atomic E-state index is -3.12. The molecule has 2 aromatic carbocycles. The third-order valence-corrected chi connectivity index (χ3v) is 5.68. The zero-order valence-electron chi connectivity index (χ0n) is 17.3. The van der Waals surface area contributed by atoms with Gasteiger partial charge < -0.3 is 4.90 Å². The number of aromatic nitrogens is 1. The van der Waals surface area contributed by atoms with Crippen LogP contribution in [0, 0.1) is 0 Å². The summed E-state index contributed by atoms with van der Waals surface area (Å²) in [5.41, 5.74) is 4.46. The smallest absolute Gasteiger partial charge is 0.254 e. The van der Waals surface area contributed by atoms with Crippen LogP contribution in [0.1, 0.15) is 39.5 Å². The lowest BCUT2D eigenvalue weighted by Gasteiger charge is -2.23. The summed E-state index contributed by atoms with van der Waals surface area (Å²) >= 11 is 0. The van der Waals surface area contributed by atoms with Gasteiger partial charge >= 0.3 is 0 Å². The van der Waals surface area contributed by atoms with Crippen molar-refractivity contribution < 1.29 is 13.2 Å². The van der Waals surface area contributed by atoms with Gasteiger partial charge in [0, 0.05) is 37.3 Å². The maximum Gasteiger partial charge on any atom is 0.254 e. The van der Waals surface area contributed by atoms with E-state index in [0.717, 1.165) is 17.5 Å². The van der Waals surface area contributed by atoms with Crippen LogP contribution < -0.4 is 0 Å². The molecule has 3 aromatic rings. The number of aryl methyl sites for hydroxylation is 1. The Morgan fingerprint density at radius 3 is 2.03 bits per heavy atom. The van der Waals surface area contributed by atoms with Crippen LogP contribution in [0.25, 0.3) is 0 Å². The van der Waals surface area contributed by atoms with Crippen molar-refractivity contribution in [1.29, 1.82) is 0 Å². The maximum atomic E-state index is 13.3. The van der Waals surface area contributed by atoms with Crippen LogP contribution >= 0.6 is 0 Å². The third kappa shape index (κ3) is 6.26. The van der Waals surface area contributed by atoms with Gasteiger partial charge in [0.1, 0.15) is 0 Å². The van der Waals surface area contributed by atoms with Gasteiger partial charge in [0.15, 0.2) is 9.84 Å².